The van der Waals surface area contributed by atoms with Crippen molar-refractivity contribution in [3.63, 3.8) is 0 Å². The number of aryl methyl sites for hydroxylation is 1. The largest absolute Gasteiger partial charge is 0.493 e. The van der Waals surface area contributed by atoms with Crippen LogP contribution in [0.1, 0.15) is 54.0 Å². The highest BCUT2D eigenvalue weighted by Gasteiger charge is 2.36. The lowest BCUT2D eigenvalue weighted by Crippen LogP contribution is -2.31. The molecular weight excluding hydrogens is 432 g/mol. The summed E-state index contributed by atoms with van der Waals surface area (Å²) in [5.74, 6) is 1.49. The molecule has 0 bridgehead atoms. The van der Waals surface area contributed by atoms with Crippen molar-refractivity contribution < 1.29 is 14.1 Å². The molecule has 1 atom stereocenters. The van der Waals surface area contributed by atoms with E-state index in [1.807, 2.05) is 49.4 Å². The maximum atomic E-state index is 13.7. The fourth-order valence-electron chi connectivity index (χ4n) is 4.23. The molecule has 34 heavy (non-hydrogen) atoms. The Hall–Kier alpha value is -4.01. The van der Waals surface area contributed by atoms with Crippen molar-refractivity contribution in [2.75, 3.05) is 13.2 Å². The van der Waals surface area contributed by atoms with Gasteiger partial charge in [0.05, 0.1) is 35.8 Å². The van der Waals surface area contributed by atoms with Crippen LogP contribution >= 0.6 is 0 Å². The van der Waals surface area contributed by atoms with E-state index in [0.29, 0.717) is 41.9 Å². The number of likely N-dealkylation sites (tertiary alicyclic amines) is 1. The Morgan fingerprint density at radius 1 is 1.18 bits per heavy atom. The number of amides is 1. The van der Waals surface area contributed by atoms with Gasteiger partial charge < -0.3 is 14.2 Å². The molecule has 1 fully saturated rings. The summed E-state index contributed by atoms with van der Waals surface area (Å²) < 4.78 is 11.5. The average molecular weight is 459 g/mol. The van der Waals surface area contributed by atoms with Gasteiger partial charge in [0.15, 0.2) is 0 Å². The average Bonchev–Trinajstić information content (AvgIpc) is 3.63. The Kier molecular flexibility index (Phi) is 6.07. The number of hydrogen-bond acceptors (Lipinski definition) is 7. The lowest BCUT2D eigenvalue weighted by molar-refractivity contribution is 0.0709. The Morgan fingerprint density at radius 2 is 2.00 bits per heavy atom. The quantitative estimate of drug-likeness (QED) is 0.405. The smallest absolute Gasteiger partial charge is 0.256 e. The SMILES string of the molecule is CCCOc1ccccc1-c1noc(C2CCCN2C(=O)c2cc(C)ccc2-n2nccn2)n1. The molecule has 4 aromatic rings. The Balaban J connectivity index is 1.44. The number of nitrogens with zero attached hydrogens (tertiary/aromatic N) is 6. The number of benzene rings is 2. The third-order valence-corrected chi connectivity index (χ3v) is 5.85. The number of rotatable bonds is 7. The molecule has 0 radical (unpaired) electrons. The summed E-state index contributed by atoms with van der Waals surface area (Å²) >= 11 is 0. The van der Waals surface area contributed by atoms with E-state index in [9.17, 15) is 4.79 Å². The third-order valence-electron chi connectivity index (χ3n) is 5.85. The van der Waals surface area contributed by atoms with E-state index in [1.54, 1.807) is 17.3 Å². The molecule has 1 aliphatic rings. The van der Waals surface area contributed by atoms with Crippen LogP contribution < -0.4 is 4.74 Å². The maximum absolute atomic E-state index is 13.7. The standard InChI is InChI=1S/C25H26N6O3/c1-3-15-33-22-9-5-4-7-18(22)23-28-24(34-29-23)21-8-6-14-30(21)25(32)19-16-17(2)10-11-20(19)31-26-12-13-27-31/h4-5,7,9-13,16,21H,3,6,8,14-15H2,1-2H3. The molecule has 1 saturated heterocycles. The van der Waals surface area contributed by atoms with Crippen LogP contribution in [0.2, 0.25) is 0 Å². The normalized spacial score (nSPS) is 15.6. The van der Waals surface area contributed by atoms with Gasteiger partial charge in [0.1, 0.15) is 11.8 Å². The van der Waals surface area contributed by atoms with E-state index in [4.69, 9.17) is 9.26 Å². The van der Waals surface area contributed by atoms with Crippen LogP contribution in [0, 0.1) is 6.92 Å². The summed E-state index contributed by atoms with van der Waals surface area (Å²) in [6.45, 7) is 5.23. The van der Waals surface area contributed by atoms with E-state index in [1.165, 1.54) is 4.80 Å². The summed E-state index contributed by atoms with van der Waals surface area (Å²) in [4.78, 5) is 21.6. The number of carbonyl (C=O) groups excluding carboxylic acids is 1. The van der Waals surface area contributed by atoms with Crippen LogP contribution in [-0.2, 0) is 0 Å². The highest BCUT2D eigenvalue weighted by Crippen LogP contribution is 2.35. The molecule has 1 aliphatic heterocycles. The second-order valence-electron chi connectivity index (χ2n) is 8.30. The van der Waals surface area contributed by atoms with Crippen molar-refractivity contribution in [2.45, 2.75) is 39.2 Å². The lowest BCUT2D eigenvalue weighted by Gasteiger charge is -2.23. The topological polar surface area (TPSA) is 99.2 Å². The lowest BCUT2D eigenvalue weighted by atomic mass is 10.1. The van der Waals surface area contributed by atoms with Gasteiger partial charge in [-0.25, -0.2) is 0 Å². The zero-order chi connectivity index (χ0) is 23.5. The van der Waals surface area contributed by atoms with E-state index in [-0.39, 0.29) is 11.9 Å². The molecule has 2 aromatic carbocycles. The molecule has 0 aliphatic carbocycles. The number of carbonyl (C=O) groups is 1. The van der Waals surface area contributed by atoms with Crippen LogP contribution in [0.3, 0.4) is 0 Å². The Bertz CT molecular complexity index is 1280. The Morgan fingerprint density at radius 3 is 2.82 bits per heavy atom. The van der Waals surface area contributed by atoms with E-state index in [2.05, 4.69) is 27.3 Å². The highest BCUT2D eigenvalue weighted by molar-refractivity contribution is 5.98. The number of ether oxygens (including phenoxy) is 1. The number of para-hydroxylation sites is 1. The van der Waals surface area contributed by atoms with Crippen molar-refractivity contribution in [3.05, 3.63) is 71.9 Å². The minimum absolute atomic E-state index is 0.107. The summed E-state index contributed by atoms with van der Waals surface area (Å²) in [5.41, 5.74) is 2.94. The first-order valence-electron chi connectivity index (χ1n) is 11.5. The second-order valence-corrected chi connectivity index (χ2v) is 8.30. The highest BCUT2D eigenvalue weighted by atomic mass is 16.5. The molecule has 5 rings (SSSR count). The molecule has 0 spiro atoms. The van der Waals surface area contributed by atoms with E-state index >= 15 is 0 Å². The van der Waals surface area contributed by atoms with E-state index in [0.717, 1.165) is 30.4 Å². The van der Waals surface area contributed by atoms with Gasteiger partial charge in [0.2, 0.25) is 11.7 Å². The zero-order valence-electron chi connectivity index (χ0n) is 19.2. The molecule has 0 N–H and O–H groups in total. The van der Waals surface area contributed by atoms with Crippen molar-refractivity contribution in [1.82, 2.24) is 30.0 Å². The van der Waals surface area contributed by atoms with Gasteiger partial charge >= 0.3 is 0 Å². The van der Waals surface area contributed by atoms with Gasteiger partial charge in [0.25, 0.3) is 5.91 Å². The predicted molar refractivity (Wildman–Crippen MR) is 125 cm³/mol. The molecule has 3 heterocycles. The molecular formula is C25H26N6O3. The number of hydrogen-bond donors (Lipinski definition) is 0. The fourth-order valence-corrected chi connectivity index (χ4v) is 4.23. The van der Waals surface area contributed by atoms with Crippen molar-refractivity contribution >= 4 is 5.91 Å². The van der Waals surface area contributed by atoms with Crippen molar-refractivity contribution in [2.24, 2.45) is 0 Å². The van der Waals surface area contributed by atoms with Gasteiger partial charge in [-0.2, -0.15) is 20.0 Å². The van der Waals surface area contributed by atoms with Crippen molar-refractivity contribution in [3.8, 4) is 22.8 Å². The van der Waals surface area contributed by atoms with Crippen LogP contribution in [0.4, 0.5) is 0 Å². The molecule has 2 aromatic heterocycles. The first-order valence-corrected chi connectivity index (χ1v) is 11.5. The molecule has 0 saturated carbocycles. The molecule has 1 unspecified atom stereocenters. The van der Waals surface area contributed by atoms with Gasteiger partial charge in [-0.1, -0.05) is 35.8 Å². The fraction of sp³-hybridized carbons (Fsp3) is 0.320. The summed E-state index contributed by atoms with van der Waals surface area (Å²) in [6, 6.07) is 13.0. The third kappa shape index (κ3) is 4.16. The van der Waals surface area contributed by atoms with Gasteiger partial charge in [0, 0.05) is 6.54 Å². The Labute approximate surface area is 197 Å². The summed E-state index contributed by atoms with van der Waals surface area (Å²) in [7, 11) is 0. The van der Waals surface area contributed by atoms with Crippen LogP contribution in [0.5, 0.6) is 5.75 Å². The predicted octanol–water partition coefficient (Wildman–Crippen LogP) is 4.39. The molecule has 1 amide bonds. The molecule has 174 valence electrons. The monoisotopic (exact) mass is 458 g/mol. The van der Waals surface area contributed by atoms with Gasteiger partial charge in [-0.05, 0) is 50.5 Å². The first-order chi connectivity index (χ1) is 16.7. The first kappa shape index (κ1) is 21.8. The summed E-state index contributed by atoms with van der Waals surface area (Å²) in [6.07, 6.45) is 5.69. The molecule has 9 nitrogen and oxygen atoms in total. The molecule has 9 heteroatoms. The maximum Gasteiger partial charge on any atom is 0.256 e. The van der Waals surface area contributed by atoms with Crippen LogP contribution in [-0.4, -0.2) is 49.1 Å². The van der Waals surface area contributed by atoms with E-state index < -0.39 is 0 Å². The number of aromatic nitrogens is 5. The van der Waals surface area contributed by atoms with Crippen molar-refractivity contribution in [1.29, 1.82) is 0 Å². The minimum atomic E-state index is -0.295. The van der Waals surface area contributed by atoms with Gasteiger partial charge in [-0.15, -0.1) is 0 Å². The van der Waals surface area contributed by atoms with Gasteiger partial charge in [-0.3, -0.25) is 4.79 Å². The summed E-state index contributed by atoms with van der Waals surface area (Å²) in [5, 5.41) is 12.6. The van der Waals surface area contributed by atoms with Crippen LogP contribution in [0.15, 0.2) is 59.4 Å². The zero-order valence-corrected chi connectivity index (χ0v) is 19.2. The van der Waals surface area contributed by atoms with Crippen LogP contribution in [0.25, 0.3) is 17.1 Å². The second kappa shape index (κ2) is 9.46. The minimum Gasteiger partial charge on any atom is -0.493 e.